The van der Waals surface area contributed by atoms with Crippen LogP contribution in [0.3, 0.4) is 0 Å². The van der Waals surface area contributed by atoms with E-state index in [2.05, 4.69) is 26.7 Å². The van der Waals surface area contributed by atoms with Crippen molar-refractivity contribution >= 4 is 33.4 Å². The number of ether oxygens (including phenoxy) is 1. The first-order chi connectivity index (χ1) is 12.1. The van der Waals surface area contributed by atoms with Crippen LogP contribution in [0.15, 0.2) is 53.0 Å². The number of anilines is 1. The van der Waals surface area contributed by atoms with E-state index in [0.717, 1.165) is 10.2 Å². The SMILES string of the molecule is CCC1Nc2ccc(Br)cc2C(=O)N1NC(=O)COc1ccccc1. The summed E-state index contributed by atoms with van der Waals surface area (Å²) in [5.41, 5.74) is 3.90. The molecule has 0 spiro atoms. The number of rotatable bonds is 5. The Morgan fingerprint density at radius 2 is 2.04 bits per heavy atom. The molecule has 0 bridgehead atoms. The van der Waals surface area contributed by atoms with Crippen LogP contribution in [-0.2, 0) is 4.79 Å². The van der Waals surface area contributed by atoms with Gasteiger partial charge in [0.25, 0.3) is 11.8 Å². The molecule has 2 aromatic rings. The van der Waals surface area contributed by atoms with Gasteiger partial charge in [0, 0.05) is 10.2 Å². The van der Waals surface area contributed by atoms with E-state index in [0.29, 0.717) is 17.7 Å². The Bertz CT molecular complexity index is 782. The monoisotopic (exact) mass is 403 g/mol. The number of nitrogens with zero attached hydrogens (tertiary/aromatic N) is 1. The van der Waals surface area contributed by atoms with Gasteiger partial charge in [-0.3, -0.25) is 15.0 Å². The molecule has 1 aliphatic rings. The molecular formula is C18H18BrN3O3. The van der Waals surface area contributed by atoms with Crippen molar-refractivity contribution in [1.29, 1.82) is 0 Å². The molecule has 6 nitrogen and oxygen atoms in total. The summed E-state index contributed by atoms with van der Waals surface area (Å²) in [6, 6.07) is 14.5. The van der Waals surface area contributed by atoms with Crippen molar-refractivity contribution in [3.63, 3.8) is 0 Å². The highest BCUT2D eigenvalue weighted by atomic mass is 79.9. The average molecular weight is 404 g/mol. The van der Waals surface area contributed by atoms with E-state index < -0.39 is 5.91 Å². The molecular weight excluding hydrogens is 386 g/mol. The van der Waals surface area contributed by atoms with Crippen molar-refractivity contribution in [2.24, 2.45) is 0 Å². The third-order valence-electron chi connectivity index (χ3n) is 3.81. The lowest BCUT2D eigenvalue weighted by atomic mass is 10.1. The summed E-state index contributed by atoms with van der Waals surface area (Å²) < 4.78 is 6.23. The fourth-order valence-corrected chi connectivity index (χ4v) is 2.94. The molecule has 0 radical (unpaired) electrons. The molecule has 0 saturated carbocycles. The first kappa shape index (κ1) is 17.3. The Morgan fingerprint density at radius 3 is 2.76 bits per heavy atom. The molecule has 1 unspecified atom stereocenters. The summed E-state index contributed by atoms with van der Waals surface area (Å²) >= 11 is 3.37. The van der Waals surface area contributed by atoms with Crippen LogP contribution in [0.5, 0.6) is 5.75 Å². The number of nitrogens with one attached hydrogen (secondary N) is 2. The van der Waals surface area contributed by atoms with E-state index in [-0.39, 0.29) is 18.7 Å². The van der Waals surface area contributed by atoms with E-state index in [4.69, 9.17) is 4.74 Å². The lowest BCUT2D eigenvalue weighted by molar-refractivity contribution is -0.127. The first-order valence-electron chi connectivity index (χ1n) is 7.95. The number of halogens is 1. The van der Waals surface area contributed by atoms with Crippen LogP contribution in [-0.4, -0.2) is 29.6 Å². The fourth-order valence-electron chi connectivity index (χ4n) is 2.58. The lowest BCUT2D eigenvalue weighted by Gasteiger charge is -2.37. The maximum atomic E-state index is 12.8. The van der Waals surface area contributed by atoms with Crippen LogP contribution in [0, 0.1) is 0 Å². The van der Waals surface area contributed by atoms with Gasteiger partial charge >= 0.3 is 0 Å². The normalized spacial score (nSPS) is 16.0. The van der Waals surface area contributed by atoms with Crippen molar-refractivity contribution < 1.29 is 14.3 Å². The molecule has 0 saturated heterocycles. The number of para-hydroxylation sites is 1. The zero-order valence-electron chi connectivity index (χ0n) is 13.7. The highest BCUT2D eigenvalue weighted by Crippen LogP contribution is 2.28. The van der Waals surface area contributed by atoms with Gasteiger partial charge in [0.1, 0.15) is 11.9 Å². The summed E-state index contributed by atoms with van der Waals surface area (Å²) in [5, 5.41) is 4.59. The molecule has 2 N–H and O–H groups in total. The van der Waals surface area contributed by atoms with Crippen LogP contribution in [0.2, 0.25) is 0 Å². The van der Waals surface area contributed by atoms with Crippen LogP contribution < -0.4 is 15.5 Å². The van der Waals surface area contributed by atoms with E-state index >= 15 is 0 Å². The fraction of sp³-hybridized carbons (Fsp3) is 0.222. The minimum atomic E-state index is -0.393. The molecule has 0 aromatic heterocycles. The average Bonchev–Trinajstić information content (AvgIpc) is 2.63. The van der Waals surface area contributed by atoms with Gasteiger partial charge in [0.2, 0.25) is 0 Å². The van der Waals surface area contributed by atoms with Crippen LogP contribution >= 0.6 is 15.9 Å². The first-order valence-corrected chi connectivity index (χ1v) is 8.74. The predicted molar refractivity (Wildman–Crippen MR) is 98.1 cm³/mol. The second-order valence-electron chi connectivity index (χ2n) is 5.57. The Morgan fingerprint density at radius 1 is 1.28 bits per heavy atom. The molecule has 1 atom stereocenters. The molecule has 2 aromatic carbocycles. The molecule has 25 heavy (non-hydrogen) atoms. The number of amides is 2. The Kier molecular flexibility index (Phi) is 5.23. The zero-order chi connectivity index (χ0) is 17.8. The summed E-state index contributed by atoms with van der Waals surface area (Å²) in [4.78, 5) is 25.0. The van der Waals surface area contributed by atoms with Crippen molar-refractivity contribution in [1.82, 2.24) is 10.4 Å². The maximum absolute atomic E-state index is 12.8. The van der Waals surface area contributed by atoms with Gasteiger partial charge in [-0.2, -0.15) is 0 Å². The summed E-state index contributed by atoms with van der Waals surface area (Å²) in [6.45, 7) is 1.77. The third-order valence-corrected chi connectivity index (χ3v) is 4.30. The van der Waals surface area contributed by atoms with Gasteiger partial charge in [-0.1, -0.05) is 41.1 Å². The van der Waals surface area contributed by atoms with E-state index in [1.807, 2.05) is 37.3 Å². The second-order valence-corrected chi connectivity index (χ2v) is 6.49. The summed E-state index contributed by atoms with van der Waals surface area (Å²) in [5.74, 6) is -0.0482. The highest BCUT2D eigenvalue weighted by Gasteiger charge is 2.32. The largest absolute Gasteiger partial charge is 0.484 e. The number of hydrogen-bond acceptors (Lipinski definition) is 4. The third kappa shape index (κ3) is 3.93. The van der Waals surface area contributed by atoms with Gasteiger partial charge in [0.15, 0.2) is 6.61 Å². The predicted octanol–water partition coefficient (Wildman–Crippen LogP) is 3.16. The molecule has 7 heteroatoms. The molecule has 1 heterocycles. The second kappa shape index (κ2) is 7.57. The van der Waals surface area contributed by atoms with Crippen LogP contribution in [0.25, 0.3) is 0 Å². The number of benzene rings is 2. The number of hydrogen-bond donors (Lipinski definition) is 2. The van der Waals surface area contributed by atoms with Gasteiger partial charge in [-0.05, 0) is 36.8 Å². The topological polar surface area (TPSA) is 70.7 Å². The number of carbonyl (C=O) groups is 2. The minimum Gasteiger partial charge on any atom is -0.484 e. The number of hydrazine groups is 1. The van der Waals surface area contributed by atoms with E-state index in [9.17, 15) is 9.59 Å². The van der Waals surface area contributed by atoms with Gasteiger partial charge < -0.3 is 10.1 Å². The molecule has 3 rings (SSSR count). The molecule has 2 amide bonds. The van der Waals surface area contributed by atoms with E-state index in [1.165, 1.54) is 5.01 Å². The maximum Gasteiger partial charge on any atom is 0.276 e. The smallest absolute Gasteiger partial charge is 0.276 e. The van der Waals surface area contributed by atoms with Crippen molar-refractivity contribution in [2.75, 3.05) is 11.9 Å². The molecule has 130 valence electrons. The van der Waals surface area contributed by atoms with Crippen LogP contribution in [0.1, 0.15) is 23.7 Å². The molecule has 0 fully saturated rings. The van der Waals surface area contributed by atoms with Crippen molar-refractivity contribution in [3.8, 4) is 5.75 Å². The van der Waals surface area contributed by atoms with Gasteiger partial charge in [-0.15, -0.1) is 0 Å². The molecule has 0 aliphatic carbocycles. The highest BCUT2D eigenvalue weighted by molar-refractivity contribution is 9.10. The Balaban J connectivity index is 1.69. The summed E-state index contributed by atoms with van der Waals surface area (Å²) in [6.07, 6.45) is 0.322. The minimum absolute atomic E-state index is 0.171. The zero-order valence-corrected chi connectivity index (χ0v) is 15.2. The van der Waals surface area contributed by atoms with Gasteiger partial charge in [-0.25, -0.2) is 5.01 Å². The Labute approximate surface area is 154 Å². The molecule has 1 aliphatic heterocycles. The standard InChI is InChI=1S/C18H18BrN3O3/c1-2-16-20-15-9-8-12(19)10-14(15)18(24)22(16)21-17(23)11-25-13-6-4-3-5-7-13/h3-10,16,20H,2,11H2,1H3,(H,21,23). The van der Waals surface area contributed by atoms with E-state index in [1.54, 1.807) is 18.2 Å². The number of fused-ring (bicyclic) bond motifs is 1. The van der Waals surface area contributed by atoms with Gasteiger partial charge in [0.05, 0.1) is 5.56 Å². The Hall–Kier alpha value is -2.54. The van der Waals surface area contributed by atoms with Crippen LogP contribution in [0.4, 0.5) is 5.69 Å². The quantitative estimate of drug-likeness (QED) is 0.804. The number of carbonyl (C=O) groups excluding carboxylic acids is 2. The van der Waals surface area contributed by atoms with Crippen molar-refractivity contribution in [3.05, 3.63) is 58.6 Å². The lowest BCUT2D eigenvalue weighted by Crippen LogP contribution is -2.57. The van der Waals surface area contributed by atoms with Crippen molar-refractivity contribution in [2.45, 2.75) is 19.5 Å². The summed E-state index contributed by atoms with van der Waals surface area (Å²) in [7, 11) is 0.